The van der Waals surface area contributed by atoms with Gasteiger partial charge in [-0.25, -0.2) is 4.79 Å². The topological polar surface area (TPSA) is 38.3 Å². The molecule has 1 N–H and O–H groups in total. The van der Waals surface area contributed by atoms with Crippen molar-refractivity contribution in [2.24, 2.45) is 5.92 Å². The maximum atomic E-state index is 12.2. The molecule has 3 heteroatoms. The van der Waals surface area contributed by atoms with Gasteiger partial charge in [-0.05, 0) is 60.2 Å². The van der Waals surface area contributed by atoms with Gasteiger partial charge in [0.2, 0.25) is 0 Å². The minimum Gasteiger partial charge on any atom is -0.465 e. The number of carbonyl (C=O) groups is 1. The maximum absolute atomic E-state index is 12.2. The van der Waals surface area contributed by atoms with Crippen LogP contribution in [0.3, 0.4) is 0 Å². The molecule has 0 unspecified atom stereocenters. The van der Waals surface area contributed by atoms with Crippen LogP contribution >= 0.6 is 0 Å². The largest absolute Gasteiger partial charge is 0.465 e. The zero-order valence-electron chi connectivity index (χ0n) is 16.6. The summed E-state index contributed by atoms with van der Waals surface area (Å²) in [7, 11) is 1.44. The molecule has 3 rings (SSSR count). The lowest BCUT2D eigenvalue weighted by Gasteiger charge is -2.21. The molecular weight excluding hydrogens is 334 g/mol. The standard InChI is InChI=1S/C24H31NO2/c1-18-8-6-7-11-21(18)23-16-20(12-13-22(23)24(26)27-2)17-25-15-14-19-9-4-3-5-10-19/h6-8,11-13,16,19,25H,3-5,9-10,14-15,17H2,1-2H3. The van der Waals surface area contributed by atoms with E-state index in [4.69, 9.17) is 4.74 Å². The molecule has 0 saturated heterocycles. The number of esters is 1. The van der Waals surface area contributed by atoms with E-state index in [0.29, 0.717) is 5.56 Å². The highest BCUT2D eigenvalue weighted by Gasteiger charge is 2.16. The summed E-state index contributed by atoms with van der Waals surface area (Å²) in [5, 5.41) is 3.59. The third-order valence-corrected chi connectivity index (χ3v) is 5.71. The van der Waals surface area contributed by atoms with E-state index in [1.165, 1.54) is 51.2 Å². The summed E-state index contributed by atoms with van der Waals surface area (Å²) in [6.45, 7) is 3.96. The second-order valence-electron chi connectivity index (χ2n) is 7.66. The van der Waals surface area contributed by atoms with E-state index in [-0.39, 0.29) is 5.97 Å². The van der Waals surface area contributed by atoms with Crippen molar-refractivity contribution in [1.82, 2.24) is 5.32 Å². The summed E-state index contributed by atoms with van der Waals surface area (Å²) in [5.74, 6) is 0.612. The highest BCUT2D eigenvalue weighted by Crippen LogP contribution is 2.29. The summed E-state index contributed by atoms with van der Waals surface area (Å²) >= 11 is 0. The molecule has 2 aromatic carbocycles. The van der Waals surface area contributed by atoms with Gasteiger partial charge in [0.1, 0.15) is 0 Å². The van der Waals surface area contributed by atoms with Gasteiger partial charge in [-0.15, -0.1) is 0 Å². The van der Waals surface area contributed by atoms with Crippen LogP contribution in [0.1, 0.15) is 60.0 Å². The minimum absolute atomic E-state index is 0.287. The van der Waals surface area contributed by atoms with Crippen LogP contribution < -0.4 is 5.32 Å². The van der Waals surface area contributed by atoms with Gasteiger partial charge < -0.3 is 10.1 Å². The Labute approximate surface area is 163 Å². The molecule has 0 atom stereocenters. The first-order valence-electron chi connectivity index (χ1n) is 10.2. The van der Waals surface area contributed by atoms with Crippen molar-refractivity contribution in [1.29, 1.82) is 0 Å². The number of aryl methyl sites for hydroxylation is 1. The first-order chi connectivity index (χ1) is 13.2. The SMILES string of the molecule is COC(=O)c1ccc(CNCCC2CCCCC2)cc1-c1ccccc1C. The molecule has 3 nitrogen and oxygen atoms in total. The lowest BCUT2D eigenvalue weighted by molar-refractivity contribution is 0.0601. The average molecular weight is 366 g/mol. The van der Waals surface area contributed by atoms with Crippen LogP contribution in [0.4, 0.5) is 0 Å². The maximum Gasteiger partial charge on any atom is 0.338 e. The Balaban J connectivity index is 1.70. The number of carbonyl (C=O) groups excluding carboxylic acids is 1. The van der Waals surface area contributed by atoms with Crippen LogP contribution in [0.25, 0.3) is 11.1 Å². The molecule has 27 heavy (non-hydrogen) atoms. The summed E-state index contributed by atoms with van der Waals surface area (Å²) in [6, 6.07) is 14.2. The third-order valence-electron chi connectivity index (χ3n) is 5.71. The zero-order valence-corrected chi connectivity index (χ0v) is 16.6. The third kappa shape index (κ3) is 5.20. The number of benzene rings is 2. The average Bonchev–Trinajstić information content (AvgIpc) is 2.72. The van der Waals surface area contributed by atoms with Crippen molar-refractivity contribution in [3.8, 4) is 11.1 Å². The Morgan fingerprint density at radius 2 is 1.85 bits per heavy atom. The molecule has 1 aliphatic rings. The molecule has 0 spiro atoms. The fraction of sp³-hybridized carbons (Fsp3) is 0.458. The van der Waals surface area contributed by atoms with Gasteiger partial charge in [-0.1, -0.05) is 62.4 Å². The predicted octanol–water partition coefficient (Wildman–Crippen LogP) is 5.51. The second-order valence-corrected chi connectivity index (χ2v) is 7.66. The second kappa shape index (κ2) is 9.70. The van der Waals surface area contributed by atoms with E-state index >= 15 is 0 Å². The van der Waals surface area contributed by atoms with E-state index in [1.54, 1.807) is 0 Å². The van der Waals surface area contributed by atoms with Crippen molar-refractivity contribution in [2.45, 2.75) is 52.0 Å². The summed E-state index contributed by atoms with van der Waals surface area (Å²) in [6.07, 6.45) is 8.28. The lowest BCUT2D eigenvalue weighted by atomic mass is 9.87. The van der Waals surface area contributed by atoms with Crippen molar-refractivity contribution < 1.29 is 9.53 Å². The molecule has 0 amide bonds. The summed E-state index contributed by atoms with van der Waals surface area (Å²) < 4.78 is 4.99. The van der Waals surface area contributed by atoms with E-state index in [2.05, 4.69) is 30.4 Å². The molecule has 0 heterocycles. The van der Waals surface area contributed by atoms with Crippen LogP contribution in [-0.4, -0.2) is 19.6 Å². The molecule has 0 radical (unpaired) electrons. The Morgan fingerprint density at radius 3 is 2.59 bits per heavy atom. The molecule has 0 bridgehead atoms. The smallest absolute Gasteiger partial charge is 0.338 e. The first-order valence-corrected chi connectivity index (χ1v) is 10.2. The number of hydrogen-bond donors (Lipinski definition) is 1. The van der Waals surface area contributed by atoms with Gasteiger partial charge >= 0.3 is 5.97 Å². The monoisotopic (exact) mass is 365 g/mol. The van der Waals surface area contributed by atoms with Gasteiger partial charge in [0.15, 0.2) is 0 Å². The molecule has 1 fully saturated rings. The van der Waals surface area contributed by atoms with E-state index in [9.17, 15) is 4.79 Å². The van der Waals surface area contributed by atoms with Crippen LogP contribution in [0, 0.1) is 12.8 Å². The lowest BCUT2D eigenvalue weighted by Crippen LogP contribution is -2.19. The van der Waals surface area contributed by atoms with Crippen LogP contribution in [0.2, 0.25) is 0 Å². The molecule has 1 saturated carbocycles. The van der Waals surface area contributed by atoms with Crippen molar-refractivity contribution in [2.75, 3.05) is 13.7 Å². The van der Waals surface area contributed by atoms with Crippen molar-refractivity contribution >= 4 is 5.97 Å². The molecule has 0 aliphatic heterocycles. The Bertz CT molecular complexity index is 763. The van der Waals surface area contributed by atoms with Crippen LogP contribution in [0.5, 0.6) is 0 Å². The Morgan fingerprint density at radius 1 is 1.07 bits per heavy atom. The Hall–Kier alpha value is -2.13. The highest BCUT2D eigenvalue weighted by molar-refractivity contribution is 5.97. The molecule has 0 aromatic heterocycles. The first kappa shape index (κ1) is 19.6. The Kier molecular flexibility index (Phi) is 7.05. The number of nitrogens with one attached hydrogen (secondary N) is 1. The fourth-order valence-corrected chi connectivity index (χ4v) is 4.10. The van der Waals surface area contributed by atoms with Gasteiger partial charge in [-0.3, -0.25) is 0 Å². The molecule has 2 aromatic rings. The fourth-order valence-electron chi connectivity index (χ4n) is 4.10. The van der Waals surface area contributed by atoms with Gasteiger partial charge in [0.25, 0.3) is 0 Å². The molecule has 1 aliphatic carbocycles. The van der Waals surface area contributed by atoms with E-state index in [0.717, 1.165) is 35.7 Å². The van der Waals surface area contributed by atoms with E-state index < -0.39 is 0 Å². The molecule has 144 valence electrons. The van der Waals surface area contributed by atoms with Crippen LogP contribution in [-0.2, 0) is 11.3 Å². The van der Waals surface area contributed by atoms with Gasteiger partial charge in [0, 0.05) is 6.54 Å². The number of hydrogen-bond acceptors (Lipinski definition) is 3. The van der Waals surface area contributed by atoms with E-state index in [1.807, 2.05) is 24.3 Å². The normalized spacial score (nSPS) is 14.9. The number of ether oxygens (including phenoxy) is 1. The zero-order chi connectivity index (χ0) is 19.1. The number of rotatable bonds is 7. The van der Waals surface area contributed by atoms with Crippen LogP contribution in [0.15, 0.2) is 42.5 Å². The van der Waals surface area contributed by atoms with Gasteiger partial charge in [0.05, 0.1) is 12.7 Å². The summed E-state index contributed by atoms with van der Waals surface area (Å²) in [5.41, 5.74) is 5.01. The van der Waals surface area contributed by atoms with Crippen molar-refractivity contribution in [3.05, 3.63) is 59.2 Å². The van der Waals surface area contributed by atoms with Crippen molar-refractivity contribution in [3.63, 3.8) is 0 Å². The minimum atomic E-state index is -0.287. The molecular formula is C24H31NO2. The van der Waals surface area contributed by atoms with Gasteiger partial charge in [-0.2, -0.15) is 0 Å². The predicted molar refractivity (Wildman–Crippen MR) is 111 cm³/mol. The quantitative estimate of drug-likeness (QED) is 0.519. The number of methoxy groups -OCH3 is 1. The highest BCUT2D eigenvalue weighted by atomic mass is 16.5. The summed E-state index contributed by atoms with van der Waals surface area (Å²) in [4.78, 5) is 12.2.